The number of ether oxygens (including phenoxy) is 2. The van der Waals surface area contributed by atoms with Gasteiger partial charge in [0.1, 0.15) is 0 Å². The van der Waals surface area contributed by atoms with Gasteiger partial charge in [-0.2, -0.15) is 0 Å². The van der Waals surface area contributed by atoms with Crippen LogP contribution in [0.1, 0.15) is 33.1 Å². The van der Waals surface area contributed by atoms with E-state index in [1.807, 2.05) is 0 Å². The van der Waals surface area contributed by atoms with E-state index in [1.165, 1.54) is 19.4 Å². The van der Waals surface area contributed by atoms with Gasteiger partial charge in [0.15, 0.2) is 0 Å². The molecule has 1 heterocycles. The lowest BCUT2D eigenvalue weighted by molar-refractivity contribution is 0.0798. The number of rotatable bonds is 11. The summed E-state index contributed by atoms with van der Waals surface area (Å²) < 4.78 is 10.9. The molecule has 1 unspecified atom stereocenters. The molecule has 1 aliphatic heterocycles. The van der Waals surface area contributed by atoms with Crippen LogP contribution >= 0.6 is 0 Å². The number of nitrogens with zero attached hydrogens (tertiary/aromatic N) is 1. The topological polar surface area (TPSA) is 33.7 Å². The molecule has 0 saturated carbocycles. The Morgan fingerprint density at radius 3 is 2.63 bits per heavy atom. The zero-order valence-corrected chi connectivity index (χ0v) is 13.0. The number of methoxy groups -OCH3 is 1. The first kappa shape index (κ1) is 16.9. The predicted octanol–water partition coefficient (Wildman–Crippen LogP) is 1.75. The molecule has 0 aliphatic carbocycles. The van der Waals surface area contributed by atoms with Gasteiger partial charge in [-0.15, -0.1) is 0 Å². The summed E-state index contributed by atoms with van der Waals surface area (Å²) in [6.07, 6.45) is 3.77. The van der Waals surface area contributed by atoms with E-state index in [-0.39, 0.29) is 0 Å². The molecule has 0 radical (unpaired) electrons. The molecule has 4 heteroatoms. The highest BCUT2D eigenvalue weighted by atomic mass is 16.5. The summed E-state index contributed by atoms with van der Waals surface area (Å²) in [5, 5.41) is 3.56. The van der Waals surface area contributed by atoms with Crippen LogP contribution in [0.2, 0.25) is 0 Å². The highest BCUT2D eigenvalue weighted by Crippen LogP contribution is 2.07. The molecule has 114 valence electrons. The quantitative estimate of drug-likeness (QED) is 0.581. The summed E-state index contributed by atoms with van der Waals surface area (Å²) in [6, 6.07) is 0.660. The van der Waals surface area contributed by atoms with E-state index in [9.17, 15) is 0 Å². The number of hydrogen-bond acceptors (Lipinski definition) is 4. The largest absolute Gasteiger partial charge is 0.383 e. The van der Waals surface area contributed by atoms with Gasteiger partial charge in [-0.3, -0.25) is 4.90 Å². The minimum Gasteiger partial charge on any atom is -0.383 e. The van der Waals surface area contributed by atoms with Crippen molar-refractivity contribution in [3.05, 3.63) is 0 Å². The Balaban J connectivity index is 2.12. The monoisotopic (exact) mass is 272 g/mol. The fourth-order valence-corrected chi connectivity index (χ4v) is 2.35. The van der Waals surface area contributed by atoms with Gasteiger partial charge in [-0.1, -0.05) is 13.8 Å². The molecule has 0 aromatic rings. The first-order valence-electron chi connectivity index (χ1n) is 7.74. The second kappa shape index (κ2) is 10.6. The van der Waals surface area contributed by atoms with Crippen molar-refractivity contribution in [2.24, 2.45) is 5.92 Å². The minimum atomic E-state index is 0.660. The molecule has 0 bridgehead atoms. The van der Waals surface area contributed by atoms with Crippen LogP contribution < -0.4 is 5.32 Å². The predicted molar refractivity (Wildman–Crippen MR) is 79.6 cm³/mol. The molecule has 1 fully saturated rings. The Morgan fingerprint density at radius 1 is 1.21 bits per heavy atom. The van der Waals surface area contributed by atoms with Crippen molar-refractivity contribution in [3.63, 3.8) is 0 Å². The van der Waals surface area contributed by atoms with Crippen molar-refractivity contribution in [3.8, 4) is 0 Å². The molecule has 1 aliphatic rings. The molecule has 0 aromatic carbocycles. The third-order valence-corrected chi connectivity index (χ3v) is 3.64. The van der Waals surface area contributed by atoms with Crippen molar-refractivity contribution in [1.29, 1.82) is 0 Å². The van der Waals surface area contributed by atoms with Gasteiger partial charge in [0.25, 0.3) is 0 Å². The van der Waals surface area contributed by atoms with Gasteiger partial charge in [0, 0.05) is 39.4 Å². The lowest BCUT2D eigenvalue weighted by Gasteiger charge is -2.25. The molecule has 0 aromatic heterocycles. The average Bonchev–Trinajstić information content (AvgIpc) is 2.87. The van der Waals surface area contributed by atoms with Gasteiger partial charge >= 0.3 is 0 Å². The Kier molecular flexibility index (Phi) is 9.43. The SMILES string of the molecule is COCCN(CCOCCC(C)C)CC1CCCN1. The molecule has 1 saturated heterocycles. The standard InChI is InChI=1S/C15H32N2O2/c1-14(2)6-10-19-12-9-17(8-11-18-3)13-15-5-4-7-16-15/h14-16H,4-13H2,1-3H3. The van der Waals surface area contributed by atoms with Gasteiger partial charge in [-0.05, 0) is 31.7 Å². The van der Waals surface area contributed by atoms with Crippen LogP contribution in [0.25, 0.3) is 0 Å². The average molecular weight is 272 g/mol. The first-order valence-corrected chi connectivity index (χ1v) is 7.74. The maximum Gasteiger partial charge on any atom is 0.0593 e. The third-order valence-electron chi connectivity index (χ3n) is 3.64. The Labute approximate surface area is 118 Å². The second-order valence-electron chi connectivity index (χ2n) is 5.88. The molecular weight excluding hydrogens is 240 g/mol. The Morgan fingerprint density at radius 2 is 2.00 bits per heavy atom. The fourth-order valence-electron chi connectivity index (χ4n) is 2.35. The van der Waals surface area contributed by atoms with Crippen LogP contribution in [-0.4, -0.2) is 64.1 Å². The van der Waals surface area contributed by atoms with Crippen LogP contribution in [-0.2, 0) is 9.47 Å². The van der Waals surface area contributed by atoms with Crippen LogP contribution in [0.4, 0.5) is 0 Å². The first-order chi connectivity index (χ1) is 9.22. The van der Waals surface area contributed by atoms with Crippen LogP contribution in [0.3, 0.4) is 0 Å². The summed E-state index contributed by atoms with van der Waals surface area (Å²) in [6.45, 7) is 11.3. The molecule has 0 amide bonds. The molecular formula is C15H32N2O2. The van der Waals surface area contributed by atoms with Gasteiger partial charge in [0.05, 0.1) is 13.2 Å². The highest BCUT2D eigenvalue weighted by Gasteiger charge is 2.17. The maximum absolute atomic E-state index is 5.72. The highest BCUT2D eigenvalue weighted by molar-refractivity contribution is 4.77. The Hall–Kier alpha value is -0.160. The second-order valence-corrected chi connectivity index (χ2v) is 5.88. The molecule has 19 heavy (non-hydrogen) atoms. The summed E-state index contributed by atoms with van der Waals surface area (Å²) in [5.74, 6) is 0.729. The van der Waals surface area contributed by atoms with Gasteiger partial charge < -0.3 is 14.8 Å². The molecule has 1 rings (SSSR count). The van der Waals surface area contributed by atoms with E-state index in [0.29, 0.717) is 6.04 Å². The van der Waals surface area contributed by atoms with Crippen LogP contribution in [0.15, 0.2) is 0 Å². The van der Waals surface area contributed by atoms with Gasteiger partial charge in [0.2, 0.25) is 0 Å². The van der Waals surface area contributed by atoms with Crippen molar-refractivity contribution in [2.45, 2.75) is 39.2 Å². The van der Waals surface area contributed by atoms with E-state index in [4.69, 9.17) is 9.47 Å². The lowest BCUT2D eigenvalue weighted by Crippen LogP contribution is -2.40. The van der Waals surface area contributed by atoms with E-state index < -0.39 is 0 Å². The van der Waals surface area contributed by atoms with Crippen LogP contribution in [0, 0.1) is 5.92 Å². The zero-order valence-electron chi connectivity index (χ0n) is 13.0. The molecule has 0 spiro atoms. The lowest BCUT2D eigenvalue weighted by atomic mass is 10.1. The molecule has 1 atom stereocenters. The maximum atomic E-state index is 5.72. The van der Waals surface area contributed by atoms with Crippen molar-refractivity contribution < 1.29 is 9.47 Å². The minimum absolute atomic E-state index is 0.660. The van der Waals surface area contributed by atoms with E-state index in [2.05, 4.69) is 24.1 Å². The zero-order chi connectivity index (χ0) is 13.9. The summed E-state index contributed by atoms with van der Waals surface area (Å²) in [4.78, 5) is 2.46. The Bertz CT molecular complexity index is 206. The number of hydrogen-bond donors (Lipinski definition) is 1. The molecule has 1 N–H and O–H groups in total. The smallest absolute Gasteiger partial charge is 0.0593 e. The van der Waals surface area contributed by atoms with Crippen molar-refractivity contribution in [2.75, 3.05) is 53.1 Å². The molecule has 4 nitrogen and oxygen atoms in total. The van der Waals surface area contributed by atoms with Crippen molar-refractivity contribution >= 4 is 0 Å². The normalized spacial score (nSPS) is 19.7. The van der Waals surface area contributed by atoms with E-state index in [1.54, 1.807) is 7.11 Å². The van der Waals surface area contributed by atoms with Crippen molar-refractivity contribution in [1.82, 2.24) is 10.2 Å². The number of nitrogens with one attached hydrogen (secondary N) is 1. The fraction of sp³-hybridized carbons (Fsp3) is 1.00. The van der Waals surface area contributed by atoms with Crippen LogP contribution in [0.5, 0.6) is 0 Å². The summed E-state index contributed by atoms with van der Waals surface area (Å²) >= 11 is 0. The summed E-state index contributed by atoms with van der Waals surface area (Å²) in [5.41, 5.74) is 0. The third kappa shape index (κ3) is 8.58. The van der Waals surface area contributed by atoms with E-state index in [0.717, 1.165) is 51.8 Å². The summed E-state index contributed by atoms with van der Waals surface area (Å²) in [7, 11) is 1.77. The van der Waals surface area contributed by atoms with E-state index >= 15 is 0 Å². The van der Waals surface area contributed by atoms with Gasteiger partial charge in [-0.25, -0.2) is 0 Å².